The van der Waals surface area contributed by atoms with Gasteiger partial charge in [-0.15, -0.1) is 0 Å². The summed E-state index contributed by atoms with van der Waals surface area (Å²) in [6.07, 6.45) is -18.4. The quantitative estimate of drug-likeness (QED) is 0.168. The first-order valence-corrected chi connectivity index (χ1v) is 10.2. The van der Waals surface area contributed by atoms with Crippen LogP contribution >= 0.6 is 7.82 Å². The average molecular weight is 450 g/mol. The van der Waals surface area contributed by atoms with Gasteiger partial charge in [-0.05, 0) is 0 Å². The summed E-state index contributed by atoms with van der Waals surface area (Å²) in [5, 5.41) is 96.9. The molecule has 172 valence electrons. The molecule has 0 radical (unpaired) electrons. The highest BCUT2D eigenvalue weighted by Gasteiger charge is 2.50. The first-order valence-electron chi connectivity index (χ1n) is 8.72. The number of phosphoric acid groups is 1. The van der Waals surface area contributed by atoms with Gasteiger partial charge in [0.15, 0.2) is 0 Å². The van der Waals surface area contributed by atoms with Crippen molar-refractivity contribution >= 4 is 7.82 Å². The molecule has 11 N–H and O–H groups in total. The largest absolute Gasteiger partial charge is 0.472 e. The molecule has 0 bridgehead atoms. The van der Waals surface area contributed by atoms with E-state index in [1.54, 1.807) is 0 Å². The summed E-state index contributed by atoms with van der Waals surface area (Å²) in [6, 6.07) is 0. The molecule has 15 heteroatoms. The Bertz CT molecular complexity index is 515. The van der Waals surface area contributed by atoms with E-state index in [0.717, 1.165) is 0 Å². The maximum atomic E-state index is 12.0. The van der Waals surface area contributed by atoms with Gasteiger partial charge in [-0.2, -0.15) is 0 Å². The summed E-state index contributed by atoms with van der Waals surface area (Å²) in [7, 11) is -4.94. The molecule has 2 rings (SSSR count). The van der Waals surface area contributed by atoms with Crippen LogP contribution in [-0.2, 0) is 13.6 Å². The van der Waals surface area contributed by atoms with E-state index in [-0.39, 0.29) is 0 Å². The molecule has 29 heavy (non-hydrogen) atoms. The van der Waals surface area contributed by atoms with Gasteiger partial charge in [-0.25, -0.2) is 4.57 Å². The Morgan fingerprint density at radius 3 is 0.931 bits per heavy atom. The highest BCUT2D eigenvalue weighted by atomic mass is 31.2. The predicted molar refractivity (Wildman–Crippen MR) is 88.8 cm³/mol. The fourth-order valence-corrected chi connectivity index (χ4v) is 4.22. The number of hydrogen-bond donors (Lipinski definition) is 11. The van der Waals surface area contributed by atoms with Gasteiger partial charge in [0.05, 0.1) is 37.6 Å². The van der Waals surface area contributed by atoms with Gasteiger partial charge in [0.1, 0.15) is 36.6 Å². The number of phosphoric ester groups is 1. The molecule has 0 aromatic carbocycles. The monoisotopic (exact) mass is 450 g/mol. The van der Waals surface area contributed by atoms with Gasteiger partial charge in [-0.1, -0.05) is 0 Å². The second-order valence-electron chi connectivity index (χ2n) is 7.29. The standard InChI is InChI=1S/C14H27O14P/c15-5-3(6(16)10(20)13(23)9(5)19)1-27-29(25,26)28-2-4-7(17)11(21)14(24)12(22)8(4)18/h3-24H,1-2H2,(H,25,26). The fraction of sp³-hybridized carbons (Fsp3) is 1.00. The van der Waals surface area contributed by atoms with E-state index in [1.807, 2.05) is 0 Å². The Kier molecular flexibility index (Phi) is 8.15. The molecule has 0 spiro atoms. The first kappa shape index (κ1) is 25.0. The zero-order valence-corrected chi connectivity index (χ0v) is 15.8. The molecule has 8 unspecified atom stereocenters. The van der Waals surface area contributed by atoms with Gasteiger partial charge in [0, 0.05) is 11.8 Å². The fourth-order valence-electron chi connectivity index (χ4n) is 3.42. The second-order valence-corrected chi connectivity index (χ2v) is 8.75. The number of rotatable bonds is 6. The zero-order chi connectivity index (χ0) is 22.3. The lowest BCUT2D eigenvalue weighted by Crippen LogP contribution is -2.62. The molecule has 14 nitrogen and oxygen atoms in total. The molecule has 2 fully saturated rings. The predicted octanol–water partition coefficient (Wildman–Crippen LogP) is -6.01. The number of aliphatic hydroxyl groups excluding tert-OH is 10. The molecule has 0 heterocycles. The maximum absolute atomic E-state index is 12.0. The van der Waals surface area contributed by atoms with E-state index >= 15 is 0 Å². The molecular formula is C14H27O14P. The maximum Gasteiger partial charge on any atom is 0.472 e. The third kappa shape index (κ3) is 5.14. The van der Waals surface area contributed by atoms with Crippen LogP contribution in [0.4, 0.5) is 0 Å². The summed E-state index contributed by atoms with van der Waals surface area (Å²) in [4.78, 5) is 9.72. The normalized spacial score (nSPS) is 50.9. The topological polar surface area (TPSA) is 258 Å². The van der Waals surface area contributed by atoms with E-state index in [4.69, 9.17) is 0 Å². The van der Waals surface area contributed by atoms with Crippen molar-refractivity contribution in [2.75, 3.05) is 13.2 Å². The summed E-state index contributed by atoms with van der Waals surface area (Å²) < 4.78 is 21.2. The van der Waals surface area contributed by atoms with E-state index in [9.17, 15) is 60.5 Å². The van der Waals surface area contributed by atoms with E-state index in [1.165, 1.54) is 0 Å². The highest BCUT2D eigenvalue weighted by molar-refractivity contribution is 7.47. The summed E-state index contributed by atoms with van der Waals surface area (Å²) in [5.74, 6) is -2.95. The van der Waals surface area contributed by atoms with Crippen LogP contribution in [-0.4, -0.2) is 130 Å². The molecular weight excluding hydrogens is 423 g/mol. The first-order chi connectivity index (χ1) is 13.3. The minimum Gasteiger partial charge on any atom is -0.390 e. The van der Waals surface area contributed by atoms with Crippen molar-refractivity contribution in [3.63, 3.8) is 0 Å². The lowest BCUT2D eigenvalue weighted by atomic mass is 9.79. The molecule has 8 atom stereocenters. The van der Waals surface area contributed by atoms with Gasteiger partial charge >= 0.3 is 7.82 Å². The Labute approximate surface area is 164 Å². The van der Waals surface area contributed by atoms with Crippen molar-refractivity contribution in [2.24, 2.45) is 11.8 Å². The molecule has 0 amide bonds. The van der Waals surface area contributed by atoms with Gasteiger partial charge in [-0.3, -0.25) is 9.05 Å². The van der Waals surface area contributed by atoms with Crippen molar-refractivity contribution in [3.8, 4) is 0 Å². The Morgan fingerprint density at radius 1 is 0.483 bits per heavy atom. The molecule has 2 aliphatic rings. The molecule has 0 saturated heterocycles. The Hall–Kier alpha value is -0.290. The van der Waals surface area contributed by atoms with Gasteiger partial charge in [0.2, 0.25) is 0 Å². The van der Waals surface area contributed by atoms with Crippen molar-refractivity contribution in [1.29, 1.82) is 0 Å². The van der Waals surface area contributed by atoms with E-state index in [0.29, 0.717) is 0 Å². The minimum atomic E-state index is -4.94. The summed E-state index contributed by atoms with van der Waals surface area (Å²) in [5.41, 5.74) is 0. The average Bonchev–Trinajstić information content (AvgIpc) is 2.67. The summed E-state index contributed by atoms with van der Waals surface area (Å²) in [6.45, 7) is -1.78. The molecule has 2 aliphatic carbocycles. The van der Waals surface area contributed by atoms with Crippen LogP contribution in [0, 0.1) is 11.8 Å². The van der Waals surface area contributed by atoms with Crippen LogP contribution < -0.4 is 0 Å². The highest BCUT2D eigenvalue weighted by Crippen LogP contribution is 2.46. The van der Waals surface area contributed by atoms with Crippen molar-refractivity contribution < 1.29 is 69.6 Å². The smallest absolute Gasteiger partial charge is 0.390 e. The van der Waals surface area contributed by atoms with Crippen LogP contribution in [0.1, 0.15) is 0 Å². The van der Waals surface area contributed by atoms with Crippen molar-refractivity contribution in [2.45, 2.75) is 61.0 Å². The lowest BCUT2D eigenvalue weighted by molar-refractivity contribution is -0.211. The third-order valence-corrected chi connectivity index (χ3v) is 6.36. The van der Waals surface area contributed by atoms with E-state index in [2.05, 4.69) is 9.05 Å². The molecule has 0 aromatic rings. The number of hydrogen-bond acceptors (Lipinski definition) is 13. The van der Waals surface area contributed by atoms with Crippen LogP contribution in [0.5, 0.6) is 0 Å². The van der Waals surface area contributed by atoms with Crippen LogP contribution in [0.2, 0.25) is 0 Å². The second kappa shape index (κ2) is 9.46. The van der Waals surface area contributed by atoms with Gasteiger partial charge < -0.3 is 56.0 Å². The van der Waals surface area contributed by atoms with E-state index < -0.39 is 93.9 Å². The minimum absolute atomic E-state index is 0.892. The lowest BCUT2D eigenvalue weighted by Gasteiger charge is -2.42. The van der Waals surface area contributed by atoms with Gasteiger partial charge in [0.25, 0.3) is 0 Å². The van der Waals surface area contributed by atoms with Crippen molar-refractivity contribution in [3.05, 3.63) is 0 Å². The third-order valence-electron chi connectivity index (χ3n) is 5.41. The van der Waals surface area contributed by atoms with Crippen molar-refractivity contribution in [1.82, 2.24) is 0 Å². The molecule has 0 aromatic heterocycles. The van der Waals surface area contributed by atoms with Crippen LogP contribution in [0.25, 0.3) is 0 Å². The Morgan fingerprint density at radius 2 is 0.690 bits per heavy atom. The van der Waals surface area contributed by atoms with Crippen LogP contribution in [0.3, 0.4) is 0 Å². The molecule has 2 saturated carbocycles. The SMILES string of the molecule is O=P(O)(OCC1C(O)C(O)C(O)C(O)C1O)OCC1C(O)C(O)C(O)C(O)C1O. The zero-order valence-electron chi connectivity index (χ0n) is 14.9. The Balaban J connectivity index is 1.95. The van der Waals surface area contributed by atoms with Crippen LogP contribution in [0.15, 0.2) is 0 Å². The number of aliphatic hydroxyl groups is 10. The molecule has 0 aliphatic heterocycles. The summed E-state index contributed by atoms with van der Waals surface area (Å²) >= 11 is 0.